The fourth-order valence-corrected chi connectivity index (χ4v) is 4.29. The minimum Gasteiger partial charge on any atom is -0.323 e. The number of hydrogen-bond acceptors (Lipinski definition) is 3. The Hall–Kier alpha value is -1.54. The average Bonchev–Trinajstić information content (AvgIpc) is 2.57. The fourth-order valence-electron chi connectivity index (χ4n) is 2.48. The quantitative estimate of drug-likeness (QED) is 0.628. The Morgan fingerprint density at radius 2 is 1.67 bits per heavy atom. The number of sulfonamides is 1. The molecule has 0 bridgehead atoms. The van der Waals surface area contributed by atoms with Crippen LogP contribution in [0, 0.1) is 5.82 Å². The Kier molecular flexibility index (Phi) is 6.97. The average molecular weight is 454 g/mol. The fraction of sp³-hybridized carbons (Fsp3) is 0.235. The molecule has 0 unspecified atom stereocenters. The van der Waals surface area contributed by atoms with Crippen LogP contribution in [0.25, 0.3) is 0 Å². The van der Waals surface area contributed by atoms with Crippen molar-refractivity contribution in [3.8, 4) is 0 Å². The molecule has 27 heavy (non-hydrogen) atoms. The summed E-state index contributed by atoms with van der Waals surface area (Å²) in [5.41, 5.74) is 0.364. The Bertz CT molecular complexity index is 953. The van der Waals surface area contributed by atoms with Gasteiger partial charge in [-0.1, -0.05) is 41.7 Å². The Balaban J connectivity index is 2.40. The van der Waals surface area contributed by atoms with Gasteiger partial charge in [0.15, 0.2) is 0 Å². The largest absolute Gasteiger partial charge is 0.323 e. The lowest BCUT2D eigenvalue weighted by atomic mass is 10.1. The lowest BCUT2D eigenvalue weighted by Gasteiger charge is -2.30. The maximum absolute atomic E-state index is 13.2. The van der Waals surface area contributed by atoms with Crippen LogP contribution in [0.3, 0.4) is 0 Å². The summed E-state index contributed by atoms with van der Waals surface area (Å²) < 4.78 is 38.8. The molecule has 0 aliphatic heterocycles. The number of amides is 1. The van der Waals surface area contributed by atoms with Gasteiger partial charge in [0.2, 0.25) is 15.9 Å². The standard InChI is InChI=1S/C17H16Cl3FN2O3S/c1-3-16(17(24)22-15-9-13(19)12(18)8-14(15)20)23(27(2,25)26)11-6-4-10(21)5-7-11/h4-9,16H,3H2,1-2H3,(H,22,24)/t16-/m1/s1. The molecule has 146 valence electrons. The number of anilines is 2. The first kappa shape index (κ1) is 21.8. The van der Waals surface area contributed by atoms with E-state index >= 15 is 0 Å². The molecule has 0 aromatic heterocycles. The molecule has 10 heteroatoms. The topological polar surface area (TPSA) is 66.5 Å². The van der Waals surface area contributed by atoms with Crippen LogP contribution in [0.2, 0.25) is 15.1 Å². The van der Waals surface area contributed by atoms with Crippen molar-refractivity contribution in [1.29, 1.82) is 0 Å². The summed E-state index contributed by atoms with van der Waals surface area (Å²) >= 11 is 17.9. The summed E-state index contributed by atoms with van der Waals surface area (Å²) in [6.07, 6.45) is 1.13. The minimum absolute atomic E-state index is 0.153. The van der Waals surface area contributed by atoms with E-state index in [2.05, 4.69) is 5.32 Å². The summed E-state index contributed by atoms with van der Waals surface area (Å²) in [6.45, 7) is 1.66. The smallest absolute Gasteiger partial charge is 0.248 e. The van der Waals surface area contributed by atoms with Gasteiger partial charge in [0.05, 0.1) is 32.7 Å². The van der Waals surface area contributed by atoms with Crippen molar-refractivity contribution in [2.45, 2.75) is 19.4 Å². The highest BCUT2D eigenvalue weighted by Crippen LogP contribution is 2.33. The summed E-state index contributed by atoms with van der Waals surface area (Å²) in [4.78, 5) is 12.8. The van der Waals surface area contributed by atoms with Gasteiger partial charge in [-0.3, -0.25) is 9.10 Å². The Morgan fingerprint density at radius 1 is 1.11 bits per heavy atom. The van der Waals surface area contributed by atoms with Gasteiger partial charge < -0.3 is 5.32 Å². The van der Waals surface area contributed by atoms with Gasteiger partial charge in [0, 0.05) is 0 Å². The second-order valence-corrected chi connectivity index (χ2v) is 8.78. The third-order valence-electron chi connectivity index (χ3n) is 3.68. The number of benzene rings is 2. The number of nitrogens with one attached hydrogen (secondary N) is 1. The predicted octanol–water partition coefficient (Wildman–Crippen LogP) is 4.97. The first-order valence-electron chi connectivity index (χ1n) is 7.75. The maximum Gasteiger partial charge on any atom is 0.248 e. The van der Waals surface area contributed by atoms with Crippen LogP contribution in [0.4, 0.5) is 15.8 Å². The first-order chi connectivity index (χ1) is 12.5. The minimum atomic E-state index is -3.83. The molecule has 2 aromatic carbocycles. The van der Waals surface area contributed by atoms with E-state index in [0.29, 0.717) is 0 Å². The van der Waals surface area contributed by atoms with Crippen molar-refractivity contribution in [3.63, 3.8) is 0 Å². The van der Waals surface area contributed by atoms with Crippen molar-refractivity contribution in [2.75, 3.05) is 15.9 Å². The lowest BCUT2D eigenvalue weighted by molar-refractivity contribution is -0.117. The molecular weight excluding hydrogens is 438 g/mol. The van der Waals surface area contributed by atoms with E-state index < -0.39 is 27.8 Å². The molecular formula is C17H16Cl3FN2O3S. The van der Waals surface area contributed by atoms with E-state index in [1.807, 2.05) is 0 Å². The van der Waals surface area contributed by atoms with Crippen molar-refractivity contribution in [3.05, 3.63) is 57.3 Å². The zero-order valence-electron chi connectivity index (χ0n) is 14.3. The van der Waals surface area contributed by atoms with Crippen LogP contribution in [0.5, 0.6) is 0 Å². The Morgan fingerprint density at radius 3 is 2.19 bits per heavy atom. The first-order valence-corrected chi connectivity index (χ1v) is 10.7. The third kappa shape index (κ3) is 5.25. The molecule has 0 spiro atoms. The van der Waals surface area contributed by atoms with Gasteiger partial charge in [-0.2, -0.15) is 0 Å². The highest BCUT2D eigenvalue weighted by molar-refractivity contribution is 7.92. The maximum atomic E-state index is 13.2. The van der Waals surface area contributed by atoms with Crippen molar-refractivity contribution < 1.29 is 17.6 Å². The molecule has 2 rings (SSSR count). The highest BCUT2D eigenvalue weighted by atomic mass is 35.5. The van der Waals surface area contributed by atoms with Gasteiger partial charge in [0.25, 0.3) is 0 Å². The highest BCUT2D eigenvalue weighted by Gasteiger charge is 2.32. The third-order valence-corrected chi connectivity index (χ3v) is 5.89. The summed E-state index contributed by atoms with van der Waals surface area (Å²) in [6, 6.07) is 6.48. The van der Waals surface area contributed by atoms with E-state index in [1.165, 1.54) is 24.3 Å². The molecule has 0 saturated heterocycles. The number of carbonyl (C=O) groups is 1. The lowest BCUT2D eigenvalue weighted by Crippen LogP contribution is -2.47. The van der Waals surface area contributed by atoms with E-state index in [1.54, 1.807) is 6.92 Å². The molecule has 5 nitrogen and oxygen atoms in total. The number of rotatable bonds is 6. The molecule has 1 atom stereocenters. The molecule has 1 amide bonds. The monoisotopic (exact) mass is 452 g/mol. The van der Waals surface area contributed by atoms with Crippen LogP contribution >= 0.6 is 34.8 Å². The van der Waals surface area contributed by atoms with Crippen LogP contribution in [-0.4, -0.2) is 26.6 Å². The van der Waals surface area contributed by atoms with Gasteiger partial charge >= 0.3 is 0 Å². The van der Waals surface area contributed by atoms with E-state index in [9.17, 15) is 17.6 Å². The van der Waals surface area contributed by atoms with Crippen molar-refractivity contribution in [2.24, 2.45) is 0 Å². The number of halogens is 4. The number of carbonyl (C=O) groups excluding carboxylic acids is 1. The van der Waals surface area contributed by atoms with Gasteiger partial charge in [-0.25, -0.2) is 12.8 Å². The van der Waals surface area contributed by atoms with Gasteiger partial charge in [-0.05, 0) is 42.8 Å². The molecule has 0 saturated carbocycles. The zero-order valence-corrected chi connectivity index (χ0v) is 17.4. The van der Waals surface area contributed by atoms with E-state index in [4.69, 9.17) is 34.8 Å². The summed E-state index contributed by atoms with van der Waals surface area (Å²) in [5.74, 6) is -1.14. The van der Waals surface area contributed by atoms with E-state index in [-0.39, 0.29) is 32.9 Å². The van der Waals surface area contributed by atoms with Crippen LogP contribution < -0.4 is 9.62 Å². The normalized spacial score (nSPS) is 12.5. The SMILES string of the molecule is CC[C@H](C(=O)Nc1cc(Cl)c(Cl)cc1Cl)N(c1ccc(F)cc1)S(C)(=O)=O. The van der Waals surface area contributed by atoms with Crippen LogP contribution in [0.1, 0.15) is 13.3 Å². The predicted molar refractivity (Wildman–Crippen MR) is 108 cm³/mol. The summed E-state index contributed by atoms with van der Waals surface area (Å²) in [7, 11) is -3.83. The molecule has 2 aromatic rings. The van der Waals surface area contributed by atoms with Gasteiger partial charge in [0.1, 0.15) is 11.9 Å². The zero-order chi connectivity index (χ0) is 20.4. The van der Waals surface area contributed by atoms with Gasteiger partial charge in [-0.15, -0.1) is 0 Å². The second kappa shape index (κ2) is 8.65. The number of nitrogens with zero attached hydrogens (tertiary/aromatic N) is 1. The summed E-state index contributed by atoms with van der Waals surface area (Å²) in [5, 5.41) is 3.12. The van der Waals surface area contributed by atoms with Crippen LogP contribution in [-0.2, 0) is 14.8 Å². The number of hydrogen-bond donors (Lipinski definition) is 1. The molecule has 1 N–H and O–H groups in total. The molecule has 0 radical (unpaired) electrons. The Labute approximate surface area is 172 Å². The van der Waals surface area contributed by atoms with Crippen molar-refractivity contribution in [1.82, 2.24) is 0 Å². The molecule has 0 aliphatic carbocycles. The molecule has 0 heterocycles. The molecule has 0 fully saturated rings. The molecule has 0 aliphatic rings. The second-order valence-electron chi connectivity index (χ2n) is 5.69. The van der Waals surface area contributed by atoms with Crippen LogP contribution in [0.15, 0.2) is 36.4 Å². The van der Waals surface area contributed by atoms with E-state index in [0.717, 1.165) is 22.7 Å². The van der Waals surface area contributed by atoms with Crippen molar-refractivity contribution >= 4 is 62.1 Å².